The fourth-order valence-corrected chi connectivity index (χ4v) is 3.02. The molecule has 0 fully saturated rings. The molecule has 0 spiro atoms. The monoisotopic (exact) mass is 379 g/mol. The molecule has 0 bridgehead atoms. The van der Waals surface area contributed by atoms with E-state index in [2.05, 4.69) is 20.5 Å². The van der Waals surface area contributed by atoms with Gasteiger partial charge in [0.25, 0.3) is 11.5 Å². The van der Waals surface area contributed by atoms with E-state index in [1.165, 1.54) is 30.8 Å². The number of pyridine rings is 2. The van der Waals surface area contributed by atoms with E-state index in [-0.39, 0.29) is 16.7 Å². The first-order chi connectivity index (χ1) is 13.5. The summed E-state index contributed by atoms with van der Waals surface area (Å²) in [6.45, 7) is 0.337. The van der Waals surface area contributed by atoms with Gasteiger partial charge in [-0.3, -0.25) is 23.1 Å². The average Bonchev–Trinajstić information content (AvgIpc) is 3.13. The maximum atomic E-state index is 12.4. The molecular formula is C18H17N7O3. The number of rotatable bonds is 4. The van der Waals surface area contributed by atoms with Crippen molar-refractivity contribution < 1.29 is 4.79 Å². The number of carbonyl (C=O) groups is 1. The van der Waals surface area contributed by atoms with Crippen molar-refractivity contribution in [3.05, 3.63) is 68.9 Å². The molecule has 0 aliphatic heterocycles. The molecule has 0 unspecified atom stereocenters. The summed E-state index contributed by atoms with van der Waals surface area (Å²) in [4.78, 5) is 40.9. The number of fused-ring (bicyclic) bond motifs is 2. The topological polar surface area (TPSA) is 116 Å². The van der Waals surface area contributed by atoms with Gasteiger partial charge in [0.05, 0.1) is 5.39 Å². The van der Waals surface area contributed by atoms with Crippen LogP contribution in [0.5, 0.6) is 0 Å². The average molecular weight is 379 g/mol. The third-order valence-electron chi connectivity index (χ3n) is 4.55. The van der Waals surface area contributed by atoms with E-state index in [1.54, 1.807) is 0 Å². The fraction of sp³-hybridized carbons (Fsp3) is 0.222. The maximum Gasteiger partial charge on any atom is 0.332 e. The predicted molar refractivity (Wildman–Crippen MR) is 101 cm³/mol. The van der Waals surface area contributed by atoms with Gasteiger partial charge in [-0.25, -0.2) is 9.78 Å². The van der Waals surface area contributed by atoms with Crippen molar-refractivity contribution in [1.82, 2.24) is 34.0 Å². The first-order valence-electron chi connectivity index (χ1n) is 8.61. The number of aromatic nitrogens is 6. The second kappa shape index (κ2) is 6.72. The van der Waals surface area contributed by atoms with Gasteiger partial charge in [0, 0.05) is 33.3 Å². The highest BCUT2D eigenvalue weighted by molar-refractivity contribution is 5.94. The van der Waals surface area contributed by atoms with Crippen molar-refractivity contribution in [2.75, 3.05) is 6.54 Å². The lowest BCUT2D eigenvalue weighted by Gasteiger charge is -2.08. The van der Waals surface area contributed by atoms with Crippen LogP contribution < -0.4 is 16.6 Å². The minimum absolute atomic E-state index is 0.127. The normalized spacial score (nSPS) is 11.2. The van der Waals surface area contributed by atoms with Crippen molar-refractivity contribution in [3.63, 3.8) is 0 Å². The Bertz CT molecular complexity index is 1330. The van der Waals surface area contributed by atoms with E-state index < -0.39 is 17.2 Å². The first-order valence-corrected chi connectivity index (χ1v) is 8.61. The Labute approximate surface area is 158 Å². The van der Waals surface area contributed by atoms with Gasteiger partial charge in [0.2, 0.25) is 0 Å². The van der Waals surface area contributed by atoms with Crippen LogP contribution in [-0.2, 0) is 20.5 Å². The molecule has 0 saturated heterocycles. The molecule has 0 aliphatic carbocycles. The first kappa shape index (κ1) is 17.6. The maximum absolute atomic E-state index is 12.4. The molecule has 0 saturated carbocycles. The Morgan fingerprint density at radius 2 is 1.89 bits per heavy atom. The lowest BCUT2D eigenvalue weighted by atomic mass is 10.2. The second-order valence-electron chi connectivity index (χ2n) is 6.32. The Balaban J connectivity index is 1.54. The van der Waals surface area contributed by atoms with Crippen LogP contribution in [0.25, 0.3) is 16.7 Å². The van der Waals surface area contributed by atoms with E-state index >= 15 is 0 Å². The van der Waals surface area contributed by atoms with Crippen LogP contribution in [0.4, 0.5) is 0 Å². The van der Waals surface area contributed by atoms with E-state index in [4.69, 9.17) is 0 Å². The molecule has 0 atom stereocenters. The van der Waals surface area contributed by atoms with Crippen LogP contribution in [0, 0.1) is 0 Å². The fourth-order valence-electron chi connectivity index (χ4n) is 3.02. The largest absolute Gasteiger partial charge is 0.350 e. The number of hydrogen-bond acceptors (Lipinski definition) is 6. The molecule has 0 aromatic carbocycles. The van der Waals surface area contributed by atoms with Gasteiger partial charge in [-0.2, -0.15) is 0 Å². The van der Waals surface area contributed by atoms with Crippen LogP contribution in [0.1, 0.15) is 16.3 Å². The molecular weight excluding hydrogens is 362 g/mol. The molecule has 0 radical (unpaired) electrons. The van der Waals surface area contributed by atoms with Gasteiger partial charge >= 0.3 is 5.69 Å². The summed E-state index contributed by atoms with van der Waals surface area (Å²) in [6, 6.07) is 8.58. The summed E-state index contributed by atoms with van der Waals surface area (Å²) in [6.07, 6.45) is 2.35. The van der Waals surface area contributed by atoms with Crippen molar-refractivity contribution in [3.8, 4) is 0 Å². The molecule has 4 aromatic rings. The van der Waals surface area contributed by atoms with Crippen molar-refractivity contribution in [1.29, 1.82) is 0 Å². The Morgan fingerprint density at radius 1 is 1.07 bits per heavy atom. The lowest BCUT2D eigenvalue weighted by molar-refractivity contribution is 0.0949. The van der Waals surface area contributed by atoms with Crippen molar-refractivity contribution >= 4 is 22.6 Å². The highest BCUT2D eigenvalue weighted by atomic mass is 16.2. The minimum atomic E-state index is -0.499. The molecule has 10 heteroatoms. The molecule has 1 N–H and O–H groups in total. The van der Waals surface area contributed by atoms with Gasteiger partial charge in [0.1, 0.15) is 17.2 Å². The van der Waals surface area contributed by atoms with Crippen LogP contribution in [0.3, 0.4) is 0 Å². The minimum Gasteiger partial charge on any atom is -0.350 e. The quantitative estimate of drug-likeness (QED) is 0.518. The van der Waals surface area contributed by atoms with E-state index in [9.17, 15) is 14.4 Å². The Kier molecular flexibility index (Phi) is 4.22. The third-order valence-corrected chi connectivity index (χ3v) is 4.55. The summed E-state index contributed by atoms with van der Waals surface area (Å²) in [5, 5.41) is 11.2. The summed E-state index contributed by atoms with van der Waals surface area (Å²) in [5.74, 6) is 0.331. The van der Waals surface area contributed by atoms with Crippen LogP contribution in [0.2, 0.25) is 0 Å². The van der Waals surface area contributed by atoms with Crippen LogP contribution >= 0.6 is 0 Å². The molecule has 1 amide bonds. The van der Waals surface area contributed by atoms with E-state index in [1.807, 2.05) is 28.8 Å². The molecule has 4 heterocycles. The van der Waals surface area contributed by atoms with Gasteiger partial charge in [-0.1, -0.05) is 6.07 Å². The standard InChI is InChI=1S/C18H17N7O3/c1-23-15-11(17(27)24(2)18(23)28)6-7-12(20-15)16(26)19-9-8-14-22-21-13-5-3-4-10-25(13)14/h3-7,10H,8-9H2,1-2H3,(H,19,26). The molecule has 10 nitrogen and oxygen atoms in total. The van der Waals surface area contributed by atoms with Gasteiger partial charge in [0.15, 0.2) is 5.65 Å². The zero-order valence-electron chi connectivity index (χ0n) is 15.3. The highest BCUT2D eigenvalue weighted by Crippen LogP contribution is 2.07. The zero-order valence-corrected chi connectivity index (χ0v) is 15.3. The molecule has 0 aliphatic rings. The van der Waals surface area contributed by atoms with Gasteiger partial charge < -0.3 is 5.32 Å². The Hall–Kier alpha value is -3.82. The van der Waals surface area contributed by atoms with Crippen LogP contribution in [-0.4, -0.2) is 41.2 Å². The zero-order chi connectivity index (χ0) is 19.8. The van der Waals surface area contributed by atoms with Crippen molar-refractivity contribution in [2.24, 2.45) is 14.1 Å². The number of hydrogen-bond donors (Lipinski definition) is 1. The Morgan fingerprint density at radius 3 is 2.71 bits per heavy atom. The van der Waals surface area contributed by atoms with E-state index in [0.29, 0.717) is 13.0 Å². The number of nitrogens with one attached hydrogen (secondary N) is 1. The number of nitrogens with zero attached hydrogens (tertiary/aromatic N) is 6. The van der Waals surface area contributed by atoms with Crippen LogP contribution in [0.15, 0.2) is 46.1 Å². The number of aryl methyl sites for hydroxylation is 1. The SMILES string of the molecule is Cn1c(=O)c2ccc(C(=O)NCCc3nnc4ccccn34)nc2n(C)c1=O. The van der Waals surface area contributed by atoms with Gasteiger partial charge in [-0.15, -0.1) is 10.2 Å². The second-order valence-corrected chi connectivity index (χ2v) is 6.32. The van der Waals surface area contributed by atoms with Gasteiger partial charge in [-0.05, 0) is 24.3 Å². The summed E-state index contributed by atoms with van der Waals surface area (Å²) < 4.78 is 4.11. The van der Waals surface area contributed by atoms with E-state index in [0.717, 1.165) is 16.0 Å². The number of carbonyl (C=O) groups excluding carboxylic acids is 1. The summed E-state index contributed by atoms with van der Waals surface area (Å²) in [7, 11) is 2.91. The third kappa shape index (κ3) is 2.84. The summed E-state index contributed by atoms with van der Waals surface area (Å²) >= 11 is 0. The van der Waals surface area contributed by atoms with Crippen molar-refractivity contribution in [2.45, 2.75) is 6.42 Å². The smallest absolute Gasteiger partial charge is 0.332 e. The molecule has 4 aromatic heterocycles. The molecule has 28 heavy (non-hydrogen) atoms. The molecule has 142 valence electrons. The molecule has 4 rings (SSSR count). The predicted octanol–water partition coefficient (Wildman–Crippen LogP) is -0.353. The summed E-state index contributed by atoms with van der Waals surface area (Å²) in [5.41, 5.74) is 0.0889. The highest BCUT2D eigenvalue weighted by Gasteiger charge is 2.14. The lowest BCUT2D eigenvalue weighted by Crippen LogP contribution is -2.37. The number of amides is 1.